The van der Waals surface area contributed by atoms with E-state index in [0.29, 0.717) is 42.0 Å². The fourth-order valence-electron chi connectivity index (χ4n) is 3.74. The molecular weight excluding hydrogens is 396 g/mol. The molecule has 2 amide bonds. The molecule has 0 unspecified atom stereocenters. The van der Waals surface area contributed by atoms with E-state index in [1.165, 1.54) is 0 Å². The zero-order chi connectivity index (χ0) is 22.8. The summed E-state index contributed by atoms with van der Waals surface area (Å²) in [6.07, 6.45) is 0.838. The van der Waals surface area contributed by atoms with E-state index < -0.39 is 17.3 Å². The number of carbonyl (C=O) groups excluding carboxylic acids is 2. The predicted molar refractivity (Wildman–Crippen MR) is 117 cm³/mol. The summed E-state index contributed by atoms with van der Waals surface area (Å²) in [5.41, 5.74) is 6.49. The van der Waals surface area contributed by atoms with Crippen LogP contribution in [0.25, 0.3) is 0 Å². The minimum absolute atomic E-state index is 0.190. The number of fused-ring (bicyclic) bond motifs is 1. The van der Waals surface area contributed by atoms with Crippen molar-refractivity contribution in [1.82, 2.24) is 0 Å². The molecule has 164 valence electrons. The van der Waals surface area contributed by atoms with E-state index in [1.807, 2.05) is 6.92 Å². The van der Waals surface area contributed by atoms with Crippen LogP contribution in [0.4, 0.5) is 5.69 Å². The van der Waals surface area contributed by atoms with Crippen LogP contribution in [0.15, 0.2) is 48.5 Å². The molecule has 0 aromatic heterocycles. The molecular formula is C24H28N2O5. The number of carboxylic acid groups (broad SMARTS) is 1. The van der Waals surface area contributed by atoms with Crippen molar-refractivity contribution < 1.29 is 24.2 Å². The van der Waals surface area contributed by atoms with Gasteiger partial charge < -0.3 is 20.5 Å². The summed E-state index contributed by atoms with van der Waals surface area (Å²) in [7, 11) is 0. The van der Waals surface area contributed by atoms with Crippen LogP contribution in [0, 0.1) is 5.41 Å². The molecule has 2 atom stereocenters. The van der Waals surface area contributed by atoms with Crippen molar-refractivity contribution in [2.45, 2.75) is 45.6 Å². The number of primary amides is 1. The standard InChI is InChI=1S/C24H28N2O5/c1-15-14-19(22(28)29)18-6-4-5-7-20(18)26(15)21(27)16-8-10-17(11-9-16)31-13-12-24(2,3)23(25)30/h4-11,15,19H,12-14H2,1-3H3,(H2,25,30)(H,28,29)/t15-,19-/m1/s1. The quantitative estimate of drug-likeness (QED) is 0.706. The third-order valence-corrected chi connectivity index (χ3v) is 5.87. The van der Waals surface area contributed by atoms with Crippen LogP contribution in [-0.4, -0.2) is 35.5 Å². The summed E-state index contributed by atoms with van der Waals surface area (Å²) >= 11 is 0. The maximum atomic E-state index is 13.3. The summed E-state index contributed by atoms with van der Waals surface area (Å²) in [5.74, 6) is -1.48. The van der Waals surface area contributed by atoms with E-state index in [-0.39, 0.29) is 17.9 Å². The molecule has 7 heteroatoms. The van der Waals surface area contributed by atoms with Gasteiger partial charge in [-0.2, -0.15) is 0 Å². The topological polar surface area (TPSA) is 110 Å². The van der Waals surface area contributed by atoms with Crippen molar-refractivity contribution >= 4 is 23.5 Å². The van der Waals surface area contributed by atoms with Crippen LogP contribution >= 0.6 is 0 Å². The van der Waals surface area contributed by atoms with E-state index in [9.17, 15) is 19.5 Å². The van der Waals surface area contributed by atoms with Gasteiger partial charge in [0.05, 0.1) is 12.5 Å². The Bertz CT molecular complexity index is 984. The number of ether oxygens (including phenoxy) is 1. The molecule has 0 fully saturated rings. The van der Waals surface area contributed by atoms with Gasteiger partial charge in [-0.15, -0.1) is 0 Å². The maximum Gasteiger partial charge on any atom is 0.311 e. The lowest BCUT2D eigenvalue weighted by molar-refractivity contribution is -0.139. The zero-order valence-electron chi connectivity index (χ0n) is 18.0. The summed E-state index contributed by atoms with van der Waals surface area (Å²) in [6, 6.07) is 13.7. The number of hydrogen-bond acceptors (Lipinski definition) is 4. The Morgan fingerprint density at radius 1 is 1.13 bits per heavy atom. The van der Waals surface area contributed by atoms with Gasteiger partial charge in [0, 0.05) is 22.7 Å². The van der Waals surface area contributed by atoms with Gasteiger partial charge in [0.1, 0.15) is 5.75 Å². The minimum atomic E-state index is -0.882. The maximum absolute atomic E-state index is 13.3. The number of carboxylic acids is 1. The summed E-state index contributed by atoms with van der Waals surface area (Å²) < 4.78 is 5.69. The molecule has 2 aromatic rings. The molecule has 7 nitrogen and oxygen atoms in total. The lowest BCUT2D eigenvalue weighted by Gasteiger charge is -2.38. The third kappa shape index (κ3) is 4.71. The number of para-hydroxylation sites is 1. The Balaban J connectivity index is 1.75. The Morgan fingerprint density at radius 2 is 1.77 bits per heavy atom. The molecule has 1 aliphatic heterocycles. The SMILES string of the molecule is C[C@@H]1C[C@@H](C(=O)O)c2ccccc2N1C(=O)c1ccc(OCCC(C)(C)C(N)=O)cc1. The molecule has 0 spiro atoms. The Kier molecular flexibility index (Phi) is 6.34. The Labute approximate surface area is 181 Å². The highest BCUT2D eigenvalue weighted by atomic mass is 16.5. The van der Waals surface area contributed by atoms with Crippen LogP contribution in [0.5, 0.6) is 5.75 Å². The summed E-state index contributed by atoms with van der Waals surface area (Å²) in [4.78, 5) is 38.0. The van der Waals surface area contributed by atoms with E-state index in [1.54, 1.807) is 67.3 Å². The third-order valence-electron chi connectivity index (χ3n) is 5.87. The van der Waals surface area contributed by atoms with Crippen molar-refractivity contribution in [3.05, 3.63) is 59.7 Å². The highest BCUT2D eigenvalue weighted by Gasteiger charge is 2.37. The second kappa shape index (κ2) is 8.79. The second-order valence-electron chi connectivity index (χ2n) is 8.58. The number of benzene rings is 2. The van der Waals surface area contributed by atoms with E-state index >= 15 is 0 Å². The molecule has 3 rings (SSSR count). The Hall–Kier alpha value is -3.35. The molecule has 0 saturated heterocycles. The number of amides is 2. The van der Waals surface area contributed by atoms with Gasteiger partial charge in [-0.25, -0.2) is 0 Å². The van der Waals surface area contributed by atoms with Gasteiger partial charge in [0.2, 0.25) is 5.91 Å². The van der Waals surface area contributed by atoms with Crippen molar-refractivity contribution in [3.8, 4) is 5.75 Å². The highest BCUT2D eigenvalue weighted by molar-refractivity contribution is 6.07. The first-order valence-corrected chi connectivity index (χ1v) is 10.3. The Morgan fingerprint density at radius 3 is 2.39 bits per heavy atom. The van der Waals surface area contributed by atoms with Gasteiger partial charge in [-0.3, -0.25) is 14.4 Å². The second-order valence-corrected chi connectivity index (χ2v) is 8.58. The van der Waals surface area contributed by atoms with Crippen LogP contribution < -0.4 is 15.4 Å². The first-order chi connectivity index (χ1) is 14.6. The number of carbonyl (C=O) groups is 3. The van der Waals surface area contributed by atoms with Crippen molar-refractivity contribution in [3.63, 3.8) is 0 Å². The first kappa shape index (κ1) is 22.3. The van der Waals surface area contributed by atoms with E-state index in [2.05, 4.69) is 0 Å². The molecule has 2 aromatic carbocycles. The average molecular weight is 424 g/mol. The average Bonchev–Trinajstić information content (AvgIpc) is 2.73. The largest absolute Gasteiger partial charge is 0.494 e. The molecule has 0 bridgehead atoms. The van der Waals surface area contributed by atoms with Crippen LogP contribution in [0.3, 0.4) is 0 Å². The van der Waals surface area contributed by atoms with Gasteiger partial charge in [-0.1, -0.05) is 32.0 Å². The molecule has 31 heavy (non-hydrogen) atoms. The number of nitrogens with two attached hydrogens (primary N) is 1. The van der Waals surface area contributed by atoms with Crippen LogP contribution in [0.1, 0.15) is 55.5 Å². The minimum Gasteiger partial charge on any atom is -0.494 e. The van der Waals surface area contributed by atoms with Crippen molar-refractivity contribution in [2.24, 2.45) is 11.1 Å². The monoisotopic (exact) mass is 424 g/mol. The lowest BCUT2D eigenvalue weighted by atomic mass is 9.85. The lowest BCUT2D eigenvalue weighted by Crippen LogP contribution is -2.44. The molecule has 0 aliphatic carbocycles. The van der Waals surface area contributed by atoms with Gasteiger partial charge >= 0.3 is 5.97 Å². The zero-order valence-corrected chi connectivity index (χ0v) is 18.0. The predicted octanol–water partition coefficient (Wildman–Crippen LogP) is 3.57. The molecule has 1 aliphatic rings. The molecule has 3 N–H and O–H groups in total. The summed E-state index contributed by atoms with van der Waals surface area (Å²) in [5, 5.41) is 9.58. The number of anilines is 1. The van der Waals surface area contributed by atoms with Gasteiger partial charge in [0.15, 0.2) is 0 Å². The smallest absolute Gasteiger partial charge is 0.311 e. The first-order valence-electron chi connectivity index (χ1n) is 10.3. The van der Waals surface area contributed by atoms with Crippen LogP contribution in [0.2, 0.25) is 0 Å². The van der Waals surface area contributed by atoms with E-state index in [0.717, 1.165) is 0 Å². The number of hydrogen-bond donors (Lipinski definition) is 2. The molecule has 0 radical (unpaired) electrons. The normalized spacial score (nSPS) is 18.2. The van der Waals surface area contributed by atoms with Gasteiger partial charge in [-0.05, 0) is 55.7 Å². The fourth-order valence-corrected chi connectivity index (χ4v) is 3.74. The fraction of sp³-hybridized carbons (Fsp3) is 0.375. The number of nitrogens with zero attached hydrogens (tertiary/aromatic N) is 1. The summed E-state index contributed by atoms with van der Waals surface area (Å²) in [6.45, 7) is 5.73. The highest BCUT2D eigenvalue weighted by Crippen LogP contribution is 2.39. The number of aliphatic carboxylic acids is 1. The van der Waals surface area contributed by atoms with E-state index in [4.69, 9.17) is 10.5 Å². The molecule has 1 heterocycles. The van der Waals surface area contributed by atoms with Gasteiger partial charge in [0.25, 0.3) is 5.91 Å². The van der Waals surface area contributed by atoms with Crippen LogP contribution in [-0.2, 0) is 9.59 Å². The van der Waals surface area contributed by atoms with Crippen molar-refractivity contribution in [1.29, 1.82) is 0 Å². The molecule has 0 saturated carbocycles. The van der Waals surface area contributed by atoms with Crippen molar-refractivity contribution in [2.75, 3.05) is 11.5 Å². The number of rotatable bonds is 7.